The van der Waals surface area contributed by atoms with Gasteiger partial charge in [0.15, 0.2) is 6.17 Å². The van der Waals surface area contributed by atoms with Crippen molar-refractivity contribution in [1.29, 1.82) is 0 Å². The first-order chi connectivity index (χ1) is 10.7. The second-order valence-corrected chi connectivity index (χ2v) is 6.60. The van der Waals surface area contributed by atoms with Crippen LogP contribution in [0.3, 0.4) is 0 Å². The molecule has 0 saturated heterocycles. The molecule has 1 aromatic carbocycles. The number of aliphatic imine (C=N–C) groups is 1. The molecular weight excluding hydrogens is 316 g/mol. The molecule has 3 nitrogen and oxygen atoms in total. The Balaban J connectivity index is 2.02. The Morgan fingerprint density at radius 1 is 1.32 bits per heavy atom. The molecule has 0 fully saturated rings. The molecule has 0 radical (unpaired) electrons. The smallest absolute Gasteiger partial charge is 0.156 e. The highest BCUT2D eigenvalue weighted by molar-refractivity contribution is 7.10. The van der Waals surface area contributed by atoms with E-state index in [4.69, 9.17) is 11.6 Å². The van der Waals surface area contributed by atoms with Crippen molar-refractivity contribution in [3.8, 4) is 0 Å². The Morgan fingerprint density at radius 3 is 2.73 bits per heavy atom. The van der Waals surface area contributed by atoms with E-state index < -0.39 is 0 Å². The lowest BCUT2D eigenvalue weighted by atomic mass is 10.1. The van der Waals surface area contributed by atoms with Crippen LogP contribution in [0.2, 0.25) is 5.02 Å². The lowest BCUT2D eigenvalue weighted by molar-refractivity contribution is 0.153. The van der Waals surface area contributed by atoms with Gasteiger partial charge in [0.2, 0.25) is 0 Å². The van der Waals surface area contributed by atoms with Crippen molar-refractivity contribution in [3.05, 3.63) is 63.3 Å². The third kappa shape index (κ3) is 2.95. The first-order valence-electron chi connectivity index (χ1n) is 7.12. The third-order valence-electron chi connectivity index (χ3n) is 3.68. The van der Waals surface area contributed by atoms with E-state index in [1.807, 2.05) is 54.9 Å². The molecule has 0 bridgehead atoms. The normalized spacial score (nSPS) is 19.1. The summed E-state index contributed by atoms with van der Waals surface area (Å²) in [5, 5.41) is 12.4. The van der Waals surface area contributed by atoms with Crippen LogP contribution in [0, 0.1) is 0 Å². The monoisotopic (exact) mass is 332 g/mol. The number of halogens is 1. The summed E-state index contributed by atoms with van der Waals surface area (Å²) >= 11 is 7.66. The molecule has 5 heteroatoms. The van der Waals surface area contributed by atoms with Crippen molar-refractivity contribution in [1.82, 2.24) is 4.90 Å². The summed E-state index contributed by atoms with van der Waals surface area (Å²) in [4.78, 5) is 7.94. The Morgan fingerprint density at radius 2 is 2.09 bits per heavy atom. The van der Waals surface area contributed by atoms with Crippen LogP contribution >= 0.6 is 22.9 Å². The zero-order valence-electron chi connectivity index (χ0n) is 12.2. The van der Waals surface area contributed by atoms with Gasteiger partial charge in [-0.1, -0.05) is 29.8 Å². The molecule has 0 spiro atoms. The van der Waals surface area contributed by atoms with E-state index in [0.29, 0.717) is 5.02 Å². The van der Waals surface area contributed by atoms with Gasteiger partial charge in [-0.2, -0.15) is 0 Å². The van der Waals surface area contributed by atoms with Gasteiger partial charge in [-0.15, -0.1) is 11.3 Å². The highest BCUT2D eigenvalue weighted by Crippen LogP contribution is 2.37. The molecule has 1 aliphatic heterocycles. The van der Waals surface area contributed by atoms with E-state index in [1.54, 1.807) is 11.3 Å². The molecule has 3 rings (SSSR count). The Labute approximate surface area is 139 Å². The third-order valence-corrected chi connectivity index (χ3v) is 4.84. The molecule has 2 aromatic rings. The van der Waals surface area contributed by atoms with Crippen LogP contribution in [0.15, 0.2) is 52.8 Å². The quantitative estimate of drug-likeness (QED) is 0.910. The number of aliphatic hydroxyl groups excluding tert-OH is 1. The van der Waals surface area contributed by atoms with Gasteiger partial charge in [-0.25, -0.2) is 0 Å². The molecule has 2 atom stereocenters. The molecule has 0 amide bonds. The minimum atomic E-state index is -0.0992. The van der Waals surface area contributed by atoms with Gasteiger partial charge in [0.25, 0.3) is 0 Å². The number of allylic oxidation sites excluding steroid dienone is 1. The summed E-state index contributed by atoms with van der Waals surface area (Å²) < 4.78 is 0. The van der Waals surface area contributed by atoms with Crippen LogP contribution < -0.4 is 0 Å². The fraction of sp³-hybridized carbons (Fsp3) is 0.235. The highest BCUT2D eigenvalue weighted by atomic mass is 35.5. The molecule has 0 saturated carbocycles. The lowest BCUT2D eigenvalue weighted by Gasteiger charge is -2.38. The zero-order chi connectivity index (χ0) is 15.5. The van der Waals surface area contributed by atoms with Crippen LogP contribution in [0.4, 0.5) is 0 Å². The van der Waals surface area contributed by atoms with Gasteiger partial charge in [0, 0.05) is 21.8 Å². The lowest BCUT2D eigenvalue weighted by Crippen LogP contribution is -2.38. The molecule has 1 N–H and O–H groups in total. The van der Waals surface area contributed by atoms with Crippen molar-refractivity contribution in [2.75, 3.05) is 6.61 Å². The first-order valence-corrected chi connectivity index (χ1v) is 8.38. The van der Waals surface area contributed by atoms with E-state index in [0.717, 1.165) is 16.1 Å². The van der Waals surface area contributed by atoms with Crippen molar-refractivity contribution >= 4 is 34.8 Å². The van der Waals surface area contributed by atoms with Gasteiger partial charge in [0.05, 0.1) is 12.6 Å². The summed E-state index contributed by atoms with van der Waals surface area (Å²) in [7, 11) is 0. The molecular formula is C17H17ClN2OS. The number of rotatable bonds is 4. The van der Waals surface area contributed by atoms with Gasteiger partial charge in [0.1, 0.15) is 0 Å². The minimum Gasteiger partial charge on any atom is -0.394 e. The van der Waals surface area contributed by atoms with Crippen molar-refractivity contribution in [2.45, 2.75) is 19.1 Å². The maximum atomic E-state index is 9.67. The van der Waals surface area contributed by atoms with Crippen molar-refractivity contribution < 1.29 is 5.11 Å². The largest absolute Gasteiger partial charge is 0.394 e. The fourth-order valence-corrected chi connectivity index (χ4v) is 3.46. The molecule has 114 valence electrons. The van der Waals surface area contributed by atoms with Gasteiger partial charge in [-0.05, 0) is 42.1 Å². The number of nitrogens with zero attached hydrogens (tertiary/aromatic N) is 2. The van der Waals surface area contributed by atoms with E-state index in [9.17, 15) is 5.11 Å². The van der Waals surface area contributed by atoms with Gasteiger partial charge in [-0.3, -0.25) is 4.99 Å². The minimum absolute atomic E-state index is 0.0357. The number of hydrogen-bond acceptors (Lipinski definition) is 4. The second kappa shape index (κ2) is 6.65. The van der Waals surface area contributed by atoms with Crippen LogP contribution in [-0.4, -0.2) is 28.9 Å². The van der Waals surface area contributed by atoms with Gasteiger partial charge < -0.3 is 10.0 Å². The Bertz CT molecular complexity index is 679. The maximum Gasteiger partial charge on any atom is 0.156 e. The molecule has 0 aliphatic carbocycles. The van der Waals surface area contributed by atoms with E-state index in [-0.39, 0.29) is 18.8 Å². The number of hydrogen-bond donors (Lipinski definition) is 1. The predicted molar refractivity (Wildman–Crippen MR) is 93.4 cm³/mol. The summed E-state index contributed by atoms with van der Waals surface area (Å²) in [6.07, 6.45) is 3.73. The van der Waals surface area contributed by atoms with Crippen molar-refractivity contribution in [3.63, 3.8) is 0 Å². The number of aliphatic hydroxyl groups is 1. The summed E-state index contributed by atoms with van der Waals surface area (Å²) in [6.45, 7) is 2.08. The first kappa shape index (κ1) is 15.3. The Hall–Kier alpha value is -1.62. The fourth-order valence-electron chi connectivity index (χ4n) is 2.57. The highest BCUT2D eigenvalue weighted by Gasteiger charge is 2.29. The second-order valence-electron chi connectivity index (χ2n) is 5.18. The van der Waals surface area contributed by atoms with Crippen LogP contribution in [0.5, 0.6) is 0 Å². The van der Waals surface area contributed by atoms with Gasteiger partial charge >= 0.3 is 0 Å². The standard InChI is InChI=1S/C17H17ClN2OS/c1-12(11-21)20-15(13-4-6-14(18)7-5-13)8-9-19-17(20)16-3-2-10-22-16/h2-10,12,17,21H,11H2,1H3/t12-,17?/m0/s1. The Kier molecular flexibility index (Phi) is 4.62. The van der Waals surface area contributed by atoms with Crippen LogP contribution in [0.1, 0.15) is 23.5 Å². The summed E-state index contributed by atoms with van der Waals surface area (Å²) in [6, 6.07) is 11.8. The average molecular weight is 333 g/mol. The molecule has 1 unspecified atom stereocenters. The average Bonchev–Trinajstić information content (AvgIpc) is 3.08. The van der Waals surface area contributed by atoms with E-state index in [1.165, 1.54) is 0 Å². The predicted octanol–water partition coefficient (Wildman–Crippen LogP) is 4.21. The molecule has 22 heavy (non-hydrogen) atoms. The summed E-state index contributed by atoms with van der Waals surface area (Å²) in [5.41, 5.74) is 2.11. The van der Waals surface area contributed by atoms with E-state index in [2.05, 4.69) is 16.0 Å². The topological polar surface area (TPSA) is 35.8 Å². The number of thiophene rings is 1. The van der Waals surface area contributed by atoms with Crippen molar-refractivity contribution in [2.24, 2.45) is 4.99 Å². The molecule has 1 aliphatic rings. The molecule has 2 heterocycles. The zero-order valence-corrected chi connectivity index (χ0v) is 13.8. The number of benzene rings is 1. The summed E-state index contributed by atoms with van der Waals surface area (Å²) in [5.74, 6) is 0. The SMILES string of the molecule is C[C@@H](CO)N1C(c2ccc(Cl)cc2)=CC=NC1c1cccs1. The maximum absolute atomic E-state index is 9.67. The molecule has 1 aromatic heterocycles. The van der Waals surface area contributed by atoms with Crippen LogP contribution in [0.25, 0.3) is 5.70 Å². The van der Waals surface area contributed by atoms with E-state index >= 15 is 0 Å². The van der Waals surface area contributed by atoms with Crippen LogP contribution in [-0.2, 0) is 0 Å².